The summed E-state index contributed by atoms with van der Waals surface area (Å²) in [5.74, 6) is -0.714. The fourth-order valence-electron chi connectivity index (χ4n) is 3.28. The number of carbonyl (C=O) groups excluding carboxylic acids is 2. The largest absolute Gasteiger partial charge is 0.465 e. The maximum absolute atomic E-state index is 12.4. The number of aryl methyl sites for hydroxylation is 1. The third-order valence-electron chi connectivity index (χ3n) is 4.84. The van der Waals surface area contributed by atoms with E-state index in [2.05, 4.69) is 5.32 Å². The summed E-state index contributed by atoms with van der Waals surface area (Å²) in [6, 6.07) is 5.22. The number of carboxylic acid groups (broad SMARTS) is 1. The first-order valence-electron chi connectivity index (χ1n) is 9.16. The van der Waals surface area contributed by atoms with Crippen LogP contribution in [0.2, 0.25) is 0 Å². The summed E-state index contributed by atoms with van der Waals surface area (Å²) in [6.07, 6.45) is 1.91. The fraction of sp³-hybridized carbons (Fsp3) is 0.550. The molecule has 0 bridgehead atoms. The van der Waals surface area contributed by atoms with Crippen molar-refractivity contribution < 1.29 is 24.2 Å². The first-order valence-corrected chi connectivity index (χ1v) is 9.16. The van der Waals surface area contributed by atoms with E-state index in [1.54, 1.807) is 32.9 Å². The van der Waals surface area contributed by atoms with Crippen LogP contribution in [0.15, 0.2) is 18.2 Å². The number of hydrogen-bond acceptors (Lipinski definition) is 4. The van der Waals surface area contributed by atoms with E-state index >= 15 is 0 Å². The molecule has 27 heavy (non-hydrogen) atoms. The second-order valence-corrected chi connectivity index (χ2v) is 7.85. The van der Waals surface area contributed by atoms with Crippen molar-refractivity contribution in [1.82, 2.24) is 4.90 Å². The number of rotatable bonds is 5. The molecule has 7 nitrogen and oxygen atoms in total. The van der Waals surface area contributed by atoms with Crippen LogP contribution in [0.1, 0.15) is 56.0 Å². The highest BCUT2D eigenvalue weighted by molar-refractivity contribution is 6.03. The molecule has 2 N–H and O–H groups in total. The number of benzene rings is 1. The van der Waals surface area contributed by atoms with Gasteiger partial charge in [0.2, 0.25) is 5.91 Å². The molecule has 0 spiro atoms. The van der Waals surface area contributed by atoms with Crippen LogP contribution in [0.5, 0.6) is 0 Å². The van der Waals surface area contributed by atoms with E-state index in [9.17, 15) is 19.5 Å². The number of anilines is 1. The van der Waals surface area contributed by atoms with Crippen molar-refractivity contribution in [2.24, 2.45) is 5.41 Å². The van der Waals surface area contributed by atoms with Gasteiger partial charge in [-0.1, -0.05) is 32.9 Å². The Balaban J connectivity index is 2.25. The zero-order valence-electron chi connectivity index (χ0n) is 16.4. The average Bonchev–Trinajstić information content (AvgIpc) is 3.07. The average molecular weight is 376 g/mol. The minimum atomic E-state index is -0.906. The van der Waals surface area contributed by atoms with Crippen molar-refractivity contribution in [2.75, 3.05) is 19.0 Å². The van der Waals surface area contributed by atoms with Crippen LogP contribution in [0.25, 0.3) is 0 Å². The van der Waals surface area contributed by atoms with Crippen LogP contribution in [0.3, 0.4) is 0 Å². The van der Waals surface area contributed by atoms with Gasteiger partial charge in [0.25, 0.3) is 0 Å². The van der Waals surface area contributed by atoms with Gasteiger partial charge in [0.05, 0.1) is 18.4 Å². The molecule has 1 heterocycles. The van der Waals surface area contributed by atoms with Crippen LogP contribution in [0, 0.1) is 5.41 Å². The van der Waals surface area contributed by atoms with Gasteiger partial charge in [0.1, 0.15) is 0 Å². The standard InChI is InChI=1S/C20H28N2O5/c1-20(2,3)18(24)21-15-9-5-7-13(16(15)17(23)27-4)10-11-14-8-6-12-22(14)19(25)26/h5,7,9,14H,6,8,10-12H2,1-4H3,(H,21,24)(H,25,26). The monoisotopic (exact) mass is 376 g/mol. The van der Waals surface area contributed by atoms with Crippen molar-refractivity contribution in [2.45, 2.75) is 52.5 Å². The van der Waals surface area contributed by atoms with E-state index in [0.717, 1.165) is 18.4 Å². The molecule has 0 saturated carbocycles. The van der Waals surface area contributed by atoms with Gasteiger partial charge in [0, 0.05) is 18.0 Å². The summed E-state index contributed by atoms with van der Waals surface area (Å²) < 4.78 is 4.92. The molecule has 1 aliphatic rings. The highest BCUT2D eigenvalue weighted by Crippen LogP contribution is 2.27. The number of methoxy groups -OCH3 is 1. The Morgan fingerprint density at radius 3 is 2.59 bits per heavy atom. The molecule has 0 radical (unpaired) electrons. The van der Waals surface area contributed by atoms with Crippen molar-refractivity contribution in [3.63, 3.8) is 0 Å². The maximum atomic E-state index is 12.4. The van der Waals surface area contributed by atoms with Crippen molar-refractivity contribution in [3.8, 4) is 0 Å². The Labute approximate surface area is 159 Å². The van der Waals surface area contributed by atoms with Gasteiger partial charge in [-0.05, 0) is 37.3 Å². The third-order valence-corrected chi connectivity index (χ3v) is 4.84. The van der Waals surface area contributed by atoms with Crippen molar-refractivity contribution >= 4 is 23.7 Å². The molecule has 2 rings (SSSR count). The maximum Gasteiger partial charge on any atom is 0.407 e. The molecule has 1 aromatic carbocycles. The van der Waals surface area contributed by atoms with E-state index in [1.807, 2.05) is 6.07 Å². The summed E-state index contributed by atoms with van der Waals surface area (Å²) in [7, 11) is 1.30. The number of likely N-dealkylation sites (tertiary alicyclic amines) is 1. The molecule has 0 aliphatic carbocycles. The number of carbonyl (C=O) groups is 3. The topological polar surface area (TPSA) is 95.9 Å². The minimum Gasteiger partial charge on any atom is -0.465 e. The molecule has 1 aliphatic heterocycles. The molecule has 7 heteroatoms. The molecule has 1 aromatic rings. The number of ether oxygens (including phenoxy) is 1. The summed E-state index contributed by atoms with van der Waals surface area (Å²) in [5.41, 5.74) is 0.888. The number of amides is 2. The predicted octanol–water partition coefficient (Wildman–Crippen LogP) is 3.53. The lowest BCUT2D eigenvalue weighted by molar-refractivity contribution is -0.123. The number of nitrogens with zero attached hydrogens (tertiary/aromatic N) is 1. The molecule has 0 aromatic heterocycles. The zero-order valence-corrected chi connectivity index (χ0v) is 16.4. The highest BCUT2D eigenvalue weighted by atomic mass is 16.5. The normalized spacial score (nSPS) is 16.9. The van der Waals surface area contributed by atoms with E-state index in [-0.39, 0.29) is 11.9 Å². The molecule has 1 fully saturated rings. The Morgan fingerprint density at radius 2 is 2.00 bits per heavy atom. The SMILES string of the molecule is COC(=O)c1c(CCC2CCCN2C(=O)O)cccc1NC(=O)C(C)(C)C. The lowest BCUT2D eigenvalue weighted by Crippen LogP contribution is -2.34. The quantitative estimate of drug-likeness (QED) is 0.767. The van der Waals surface area contributed by atoms with Crippen LogP contribution in [0.4, 0.5) is 10.5 Å². The molecule has 2 amide bonds. The first kappa shape index (κ1) is 20.7. The van der Waals surface area contributed by atoms with E-state index in [4.69, 9.17) is 4.74 Å². The second kappa shape index (κ2) is 8.41. The van der Waals surface area contributed by atoms with Crippen LogP contribution < -0.4 is 5.32 Å². The number of esters is 1. The van der Waals surface area contributed by atoms with Gasteiger partial charge in [-0.15, -0.1) is 0 Å². The van der Waals surface area contributed by atoms with Crippen LogP contribution in [-0.2, 0) is 16.0 Å². The predicted molar refractivity (Wildman–Crippen MR) is 102 cm³/mol. The van der Waals surface area contributed by atoms with E-state index < -0.39 is 17.5 Å². The molecule has 1 unspecified atom stereocenters. The third kappa shape index (κ3) is 4.99. The molecular weight excluding hydrogens is 348 g/mol. The van der Waals surface area contributed by atoms with Gasteiger partial charge >= 0.3 is 12.1 Å². The first-order chi connectivity index (χ1) is 12.6. The molecule has 148 valence electrons. The fourth-order valence-corrected chi connectivity index (χ4v) is 3.28. The van der Waals surface area contributed by atoms with Gasteiger partial charge in [-0.25, -0.2) is 9.59 Å². The van der Waals surface area contributed by atoms with Crippen molar-refractivity contribution in [1.29, 1.82) is 0 Å². The second-order valence-electron chi connectivity index (χ2n) is 7.85. The van der Waals surface area contributed by atoms with Gasteiger partial charge in [-0.3, -0.25) is 4.79 Å². The minimum absolute atomic E-state index is 0.0548. The Kier molecular flexibility index (Phi) is 6.46. The summed E-state index contributed by atoms with van der Waals surface area (Å²) in [5, 5.41) is 12.1. The number of hydrogen-bond donors (Lipinski definition) is 2. The summed E-state index contributed by atoms with van der Waals surface area (Å²) in [6.45, 7) is 5.94. The van der Waals surface area contributed by atoms with E-state index in [1.165, 1.54) is 12.0 Å². The molecular formula is C20H28N2O5. The number of nitrogens with one attached hydrogen (secondary N) is 1. The van der Waals surface area contributed by atoms with Crippen LogP contribution in [-0.4, -0.2) is 47.7 Å². The lowest BCUT2D eigenvalue weighted by Gasteiger charge is -2.23. The van der Waals surface area contributed by atoms with Gasteiger partial charge in [0.15, 0.2) is 0 Å². The summed E-state index contributed by atoms with van der Waals surface area (Å²) >= 11 is 0. The Bertz CT molecular complexity index is 724. The molecule has 1 atom stereocenters. The smallest absolute Gasteiger partial charge is 0.407 e. The molecule has 1 saturated heterocycles. The Hall–Kier alpha value is -2.57. The summed E-state index contributed by atoms with van der Waals surface area (Å²) in [4.78, 5) is 37.5. The lowest BCUT2D eigenvalue weighted by atomic mass is 9.94. The Morgan fingerprint density at radius 1 is 1.30 bits per heavy atom. The van der Waals surface area contributed by atoms with Crippen LogP contribution >= 0.6 is 0 Å². The highest BCUT2D eigenvalue weighted by Gasteiger charge is 2.29. The van der Waals surface area contributed by atoms with Gasteiger partial charge < -0.3 is 20.1 Å². The van der Waals surface area contributed by atoms with Crippen molar-refractivity contribution in [3.05, 3.63) is 29.3 Å². The van der Waals surface area contributed by atoms with E-state index in [0.29, 0.717) is 30.6 Å². The van der Waals surface area contributed by atoms with Gasteiger partial charge in [-0.2, -0.15) is 0 Å². The zero-order chi connectivity index (χ0) is 20.2.